The van der Waals surface area contributed by atoms with Crippen LogP contribution in [0.2, 0.25) is 0 Å². The van der Waals surface area contributed by atoms with Gasteiger partial charge in [0, 0.05) is 11.8 Å². The van der Waals surface area contributed by atoms with E-state index < -0.39 is 11.8 Å². The smallest absolute Gasteiger partial charge is 0.337 e. The lowest BCUT2D eigenvalue weighted by atomic mass is 10.1. The molecule has 0 amide bonds. The van der Waals surface area contributed by atoms with E-state index in [2.05, 4.69) is 0 Å². The van der Waals surface area contributed by atoms with E-state index in [4.69, 9.17) is 15.6 Å². The lowest BCUT2D eigenvalue weighted by molar-refractivity contribution is 0.0696. The summed E-state index contributed by atoms with van der Waals surface area (Å²) in [4.78, 5) is 10.8. The standard InChI is InChI=1S/C12H16FNO3/c1-6(2)7(3)17-11-4-8(12(15)16)10(14)5-9(11)13/h4-7H,14H2,1-3H3,(H,15,16). The largest absolute Gasteiger partial charge is 0.487 e. The Labute approximate surface area is 99.2 Å². The number of carbonyl (C=O) groups is 1. The molecule has 3 N–H and O–H groups in total. The van der Waals surface area contributed by atoms with E-state index >= 15 is 0 Å². The normalized spacial score (nSPS) is 12.5. The Bertz CT molecular complexity index is 432. The van der Waals surface area contributed by atoms with Crippen molar-refractivity contribution < 1.29 is 19.0 Å². The van der Waals surface area contributed by atoms with Crippen molar-refractivity contribution in [1.82, 2.24) is 0 Å². The van der Waals surface area contributed by atoms with Crippen LogP contribution in [0.25, 0.3) is 0 Å². The van der Waals surface area contributed by atoms with Gasteiger partial charge in [0.05, 0.1) is 11.7 Å². The third-order valence-electron chi connectivity index (χ3n) is 2.59. The Balaban J connectivity index is 3.08. The number of nitrogens with two attached hydrogens (primary N) is 1. The van der Waals surface area contributed by atoms with Crippen LogP contribution in [0.1, 0.15) is 31.1 Å². The van der Waals surface area contributed by atoms with Crippen molar-refractivity contribution in [2.45, 2.75) is 26.9 Å². The summed E-state index contributed by atoms with van der Waals surface area (Å²) in [6.45, 7) is 5.65. The van der Waals surface area contributed by atoms with Gasteiger partial charge in [-0.2, -0.15) is 0 Å². The van der Waals surface area contributed by atoms with Crippen LogP contribution in [-0.4, -0.2) is 17.2 Å². The van der Waals surface area contributed by atoms with Crippen molar-refractivity contribution in [1.29, 1.82) is 0 Å². The second kappa shape index (κ2) is 5.03. The highest BCUT2D eigenvalue weighted by Crippen LogP contribution is 2.26. The second-order valence-corrected chi connectivity index (χ2v) is 4.24. The fourth-order valence-electron chi connectivity index (χ4n) is 1.18. The molecular weight excluding hydrogens is 225 g/mol. The highest BCUT2D eigenvalue weighted by Gasteiger charge is 2.17. The topological polar surface area (TPSA) is 72.5 Å². The first kappa shape index (κ1) is 13.3. The van der Waals surface area contributed by atoms with Crippen LogP contribution in [0.3, 0.4) is 0 Å². The highest BCUT2D eigenvalue weighted by molar-refractivity contribution is 5.94. The van der Waals surface area contributed by atoms with Gasteiger partial charge >= 0.3 is 5.97 Å². The van der Waals surface area contributed by atoms with Crippen LogP contribution >= 0.6 is 0 Å². The van der Waals surface area contributed by atoms with Gasteiger partial charge in [-0.1, -0.05) is 13.8 Å². The zero-order chi connectivity index (χ0) is 13.2. The molecule has 1 unspecified atom stereocenters. The van der Waals surface area contributed by atoms with Crippen LogP contribution < -0.4 is 10.5 Å². The number of aromatic carboxylic acids is 1. The predicted molar refractivity (Wildman–Crippen MR) is 62.7 cm³/mol. The van der Waals surface area contributed by atoms with E-state index in [1.54, 1.807) is 6.92 Å². The fourth-order valence-corrected chi connectivity index (χ4v) is 1.18. The molecule has 1 atom stereocenters. The van der Waals surface area contributed by atoms with Gasteiger partial charge in [0.15, 0.2) is 11.6 Å². The Morgan fingerprint density at radius 3 is 2.47 bits per heavy atom. The molecule has 0 fully saturated rings. The molecule has 0 saturated carbocycles. The van der Waals surface area contributed by atoms with Gasteiger partial charge in [-0.25, -0.2) is 9.18 Å². The van der Waals surface area contributed by atoms with Crippen molar-refractivity contribution in [3.8, 4) is 5.75 Å². The summed E-state index contributed by atoms with van der Waals surface area (Å²) in [5.74, 6) is -1.75. The lowest BCUT2D eigenvalue weighted by Gasteiger charge is -2.19. The number of halogens is 1. The van der Waals surface area contributed by atoms with Crippen molar-refractivity contribution in [3.05, 3.63) is 23.5 Å². The van der Waals surface area contributed by atoms with Crippen molar-refractivity contribution >= 4 is 11.7 Å². The first-order valence-electron chi connectivity index (χ1n) is 5.32. The minimum Gasteiger partial charge on any atom is -0.487 e. The van der Waals surface area contributed by atoms with E-state index in [1.807, 2.05) is 13.8 Å². The minimum absolute atomic E-state index is 0.0854. The molecule has 4 nitrogen and oxygen atoms in total. The van der Waals surface area contributed by atoms with Crippen molar-refractivity contribution in [2.75, 3.05) is 5.73 Å². The van der Waals surface area contributed by atoms with Gasteiger partial charge in [0.25, 0.3) is 0 Å². The number of ether oxygens (including phenoxy) is 1. The molecule has 5 heteroatoms. The SMILES string of the molecule is CC(C)C(C)Oc1cc(C(=O)O)c(N)cc1F. The van der Waals surface area contributed by atoms with E-state index in [0.29, 0.717) is 0 Å². The van der Waals surface area contributed by atoms with Gasteiger partial charge in [0.2, 0.25) is 0 Å². The molecule has 0 bridgehead atoms. The Hall–Kier alpha value is -1.78. The molecule has 0 heterocycles. The van der Waals surface area contributed by atoms with Crippen LogP contribution in [0.4, 0.5) is 10.1 Å². The minimum atomic E-state index is -1.20. The van der Waals surface area contributed by atoms with E-state index in [0.717, 1.165) is 12.1 Å². The van der Waals surface area contributed by atoms with Crippen LogP contribution in [0.5, 0.6) is 5.75 Å². The number of hydrogen-bond donors (Lipinski definition) is 2. The molecule has 17 heavy (non-hydrogen) atoms. The second-order valence-electron chi connectivity index (χ2n) is 4.24. The van der Waals surface area contributed by atoms with Crippen LogP contribution in [-0.2, 0) is 0 Å². The molecular formula is C12H16FNO3. The molecule has 1 rings (SSSR count). The van der Waals surface area contributed by atoms with E-state index in [1.165, 1.54) is 0 Å². The average molecular weight is 241 g/mol. The Kier molecular flexibility index (Phi) is 3.93. The quantitative estimate of drug-likeness (QED) is 0.794. The third-order valence-corrected chi connectivity index (χ3v) is 2.59. The molecule has 0 saturated heterocycles. The maximum absolute atomic E-state index is 13.5. The Morgan fingerprint density at radius 1 is 1.41 bits per heavy atom. The molecule has 0 spiro atoms. The van der Waals surface area contributed by atoms with Crippen LogP contribution in [0, 0.1) is 11.7 Å². The first-order chi connectivity index (χ1) is 7.82. The summed E-state index contributed by atoms with van der Waals surface area (Å²) >= 11 is 0. The molecule has 0 aliphatic carbocycles. The molecule has 1 aromatic rings. The number of rotatable bonds is 4. The van der Waals surface area contributed by atoms with Gasteiger partial charge < -0.3 is 15.6 Å². The van der Waals surface area contributed by atoms with Crippen molar-refractivity contribution in [3.63, 3.8) is 0 Å². The zero-order valence-corrected chi connectivity index (χ0v) is 10.0. The van der Waals surface area contributed by atoms with Gasteiger partial charge in [-0.05, 0) is 18.9 Å². The van der Waals surface area contributed by atoms with Gasteiger partial charge in [-0.15, -0.1) is 0 Å². The number of anilines is 1. The predicted octanol–water partition coefficient (Wildman–Crippen LogP) is 2.53. The fraction of sp³-hybridized carbons (Fsp3) is 0.417. The van der Waals surface area contributed by atoms with E-state index in [-0.39, 0.29) is 29.0 Å². The first-order valence-corrected chi connectivity index (χ1v) is 5.32. The number of hydrogen-bond acceptors (Lipinski definition) is 3. The summed E-state index contributed by atoms with van der Waals surface area (Å²) in [5.41, 5.74) is 5.14. The maximum atomic E-state index is 13.5. The zero-order valence-electron chi connectivity index (χ0n) is 10.0. The maximum Gasteiger partial charge on any atom is 0.337 e. The summed E-state index contributed by atoms with van der Waals surface area (Å²) in [7, 11) is 0. The number of nitrogen functional groups attached to an aromatic ring is 1. The van der Waals surface area contributed by atoms with Crippen LogP contribution in [0.15, 0.2) is 12.1 Å². The molecule has 0 aliphatic rings. The average Bonchev–Trinajstić information content (AvgIpc) is 2.21. The lowest BCUT2D eigenvalue weighted by Crippen LogP contribution is -2.19. The molecule has 0 aliphatic heterocycles. The summed E-state index contributed by atoms with van der Waals surface area (Å²) < 4.78 is 18.9. The molecule has 94 valence electrons. The number of benzene rings is 1. The number of carboxylic acid groups (broad SMARTS) is 1. The molecule has 0 aromatic heterocycles. The van der Waals surface area contributed by atoms with Gasteiger partial charge in [-0.3, -0.25) is 0 Å². The highest BCUT2D eigenvalue weighted by atomic mass is 19.1. The van der Waals surface area contributed by atoms with Crippen molar-refractivity contribution in [2.24, 2.45) is 5.92 Å². The van der Waals surface area contributed by atoms with Gasteiger partial charge in [0.1, 0.15) is 0 Å². The van der Waals surface area contributed by atoms with E-state index in [9.17, 15) is 9.18 Å². The molecule has 1 aromatic carbocycles. The number of carboxylic acids is 1. The summed E-state index contributed by atoms with van der Waals surface area (Å²) in [6.07, 6.45) is -0.213. The monoisotopic (exact) mass is 241 g/mol. The Morgan fingerprint density at radius 2 is 2.00 bits per heavy atom. The third kappa shape index (κ3) is 3.09. The summed E-state index contributed by atoms with van der Waals surface area (Å²) in [6, 6.07) is 2.08. The summed E-state index contributed by atoms with van der Waals surface area (Å²) in [5, 5.41) is 8.87. The molecule has 0 radical (unpaired) electrons.